The van der Waals surface area contributed by atoms with Gasteiger partial charge in [-0.25, -0.2) is 14.8 Å². The third kappa shape index (κ3) is 4.12. The first kappa shape index (κ1) is 20.9. The van der Waals surface area contributed by atoms with Crippen molar-refractivity contribution in [3.8, 4) is 0 Å². The van der Waals surface area contributed by atoms with Crippen LogP contribution in [-0.4, -0.2) is 53.3 Å². The summed E-state index contributed by atoms with van der Waals surface area (Å²) in [5.41, 5.74) is 0.476. The minimum absolute atomic E-state index is 0.166. The number of aromatic nitrogens is 2. The van der Waals surface area contributed by atoms with Crippen molar-refractivity contribution in [2.75, 3.05) is 28.2 Å². The van der Waals surface area contributed by atoms with Gasteiger partial charge in [-0.05, 0) is 37.1 Å². The maximum atomic E-state index is 13.0. The second kappa shape index (κ2) is 8.05. The maximum Gasteiger partial charge on any atom is 0.408 e. The van der Waals surface area contributed by atoms with Crippen molar-refractivity contribution in [1.29, 1.82) is 0 Å². The molecule has 8 nitrogen and oxygen atoms in total. The lowest BCUT2D eigenvalue weighted by Gasteiger charge is -2.35. The van der Waals surface area contributed by atoms with E-state index in [2.05, 4.69) is 15.3 Å². The van der Waals surface area contributed by atoms with Gasteiger partial charge in [0.15, 0.2) is 5.82 Å². The smallest absolute Gasteiger partial charge is 0.366 e. The molecule has 2 aromatic heterocycles. The van der Waals surface area contributed by atoms with Gasteiger partial charge in [0.2, 0.25) is 0 Å². The molecule has 1 fully saturated rings. The standard InChI is InChI=1S/C20H21F3N6O2/c1-2-15(20(21,22)23)26-18(30)13-6-7-14-17(25-13)29(12-8-10-28(14)11-12)19(31)27-16-5-3-4-9-24-16/h3-7,9,12,15H,2,8,10-11H2,1H3,(H,26,30)(H,24,27,31)/t12?,15-/m0/s1. The van der Waals surface area contributed by atoms with Gasteiger partial charge in [-0.3, -0.25) is 15.0 Å². The second-order valence-electron chi connectivity index (χ2n) is 7.42. The zero-order valence-electron chi connectivity index (χ0n) is 16.7. The number of fused-ring (bicyclic) bond motifs is 4. The highest BCUT2D eigenvalue weighted by molar-refractivity contribution is 6.05. The number of carbonyl (C=O) groups excluding carboxylic acids is 2. The van der Waals surface area contributed by atoms with E-state index in [4.69, 9.17) is 0 Å². The number of carbonyl (C=O) groups is 2. The molecular formula is C20H21F3N6O2. The summed E-state index contributed by atoms with van der Waals surface area (Å²) in [4.78, 5) is 37.4. The van der Waals surface area contributed by atoms with Crippen LogP contribution in [0.25, 0.3) is 0 Å². The number of urea groups is 1. The molecule has 1 unspecified atom stereocenters. The van der Waals surface area contributed by atoms with Gasteiger partial charge >= 0.3 is 12.2 Å². The third-order valence-corrected chi connectivity index (χ3v) is 5.41. The van der Waals surface area contributed by atoms with Crippen LogP contribution in [0, 0.1) is 0 Å². The van der Waals surface area contributed by atoms with E-state index >= 15 is 0 Å². The Bertz CT molecular complexity index is 985. The topological polar surface area (TPSA) is 90.5 Å². The minimum Gasteiger partial charge on any atom is -0.366 e. The lowest BCUT2D eigenvalue weighted by molar-refractivity contribution is -0.153. The Hall–Kier alpha value is -3.37. The van der Waals surface area contributed by atoms with E-state index in [9.17, 15) is 22.8 Å². The zero-order chi connectivity index (χ0) is 22.2. The van der Waals surface area contributed by atoms with Crippen molar-refractivity contribution in [1.82, 2.24) is 15.3 Å². The van der Waals surface area contributed by atoms with Gasteiger partial charge in [0.1, 0.15) is 17.6 Å². The number of pyridine rings is 2. The minimum atomic E-state index is -4.56. The molecule has 164 valence electrons. The molecule has 3 amide bonds. The van der Waals surface area contributed by atoms with Crippen LogP contribution >= 0.6 is 0 Å². The molecule has 2 atom stereocenters. The molecule has 11 heteroatoms. The molecule has 2 bridgehead atoms. The molecule has 0 aliphatic carbocycles. The first-order chi connectivity index (χ1) is 14.8. The van der Waals surface area contributed by atoms with Crippen LogP contribution < -0.4 is 20.4 Å². The molecule has 2 N–H and O–H groups in total. The Labute approximate surface area is 176 Å². The van der Waals surface area contributed by atoms with Gasteiger partial charge in [0.05, 0.1) is 11.7 Å². The fourth-order valence-corrected chi connectivity index (χ4v) is 3.85. The molecule has 31 heavy (non-hydrogen) atoms. The number of amides is 3. The van der Waals surface area contributed by atoms with Crippen LogP contribution in [0.15, 0.2) is 36.5 Å². The Morgan fingerprint density at radius 2 is 2.06 bits per heavy atom. The zero-order valence-corrected chi connectivity index (χ0v) is 16.7. The molecular weight excluding hydrogens is 413 g/mol. The predicted molar refractivity (Wildman–Crippen MR) is 108 cm³/mol. The van der Waals surface area contributed by atoms with E-state index in [-0.39, 0.29) is 24.0 Å². The summed E-state index contributed by atoms with van der Waals surface area (Å²) < 4.78 is 39.1. The molecule has 0 radical (unpaired) electrons. The summed E-state index contributed by atoms with van der Waals surface area (Å²) in [6.45, 7) is 2.67. The Kier molecular flexibility index (Phi) is 5.42. The summed E-state index contributed by atoms with van der Waals surface area (Å²) >= 11 is 0. The molecule has 4 heterocycles. The lowest BCUT2D eigenvalue weighted by atomic mass is 10.1. The van der Waals surface area contributed by atoms with E-state index in [0.29, 0.717) is 31.0 Å². The maximum absolute atomic E-state index is 13.0. The van der Waals surface area contributed by atoms with Crippen LogP contribution in [0.5, 0.6) is 0 Å². The number of nitrogens with one attached hydrogen (secondary N) is 2. The SMILES string of the molecule is CC[C@H](NC(=O)c1ccc2c(n1)N(C(=O)Nc1ccccn1)C1CCN2C1)C(F)(F)F. The van der Waals surface area contributed by atoms with E-state index in [1.54, 1.807) is 30.5 Å². The number of halogens is 3. The number of nitrogens with zero attached hydrogens (tertiary/aromatic N) is 4. The van der Waals surface area contributed by atoms with E-state index in [1.807, 2.05) is 10.2 Å². The van der Waals surface area contributed by atoms with Gasteiger partial charge in [-0.1, -0.05) is 13.0 Å². The van der Waals surface area contributed by atoms with Crippen LogP contribution in [0.4, 0.5) is 35.3 Å². The van der Waals surface area contributed by atoms with Gasteiger partial charge < -0.3 is 10.2 Å². The average Bonchev–Trinajstić information content (AvgIpc) is 3.15. The molecule has 4 rings (SSSR count). The Balaban J connectivity index is 1.63. The molecule has 2 aliphatic rings. The molecule has 2 aromatic rings. The second-order valence-corrected chi connectivity index (χ2v) is 7.42. The van der Waals surface area contributed by atoms with Crippen molar-refractivity contribution in [3.63, 3.8) is 0 Å². The number of alkyl halides is 3. The number of anilines is 3. The summed E-state index contributed by atoms with van der Waals surface area (Å²) in [6.07, 6.45) is -2.60. The highest BCUT2D eigenvalue weighted by atomic mass is 19.4. The average molecular weight is 434 g/mol. The van der Waals surface area contributed by atoms with Gasteiger partial charge in [0.25, 0.3) is 5.91 Å². The highest BCUT2D eigenvalue weighted by Gasteiger charge is 2.42. The lowest BCUT2D eigenvalue weighted by Crippen LogP contribution is -2.49. The van der Waals surface area contributed by atoms with Gasteiger partial charge in [-0.2, -0.15) is 13.2 Å². The normalized spacial score (nSPS) is 18.4. The largest absolute Gasteiger partial charge is 0.408 e. The number of rotatable bonds is 4. The summed E-state index contributed by atoms with van der Waals surface area (Å²) in [5, 5.41) is 4.70. The van der Waals surface area contributed by atoms with Crippen LogP contribution in [-0.2, 0) is 0 Å². The highest BCUT2D eigenvalue weighted by Crippen LogP contribution is 2.39. The van der Waals surface area contributed by atoms with Crippen molar-refractivity contribution in [2.45, 2.75) is 38.0 Å². The van der Waals surface area contributed by atoms with Crippen molar-refractivity contribution in [3.05, 3.63) is 42.2 Å². The van der Waals surface area contributed by atoms with Crippen LogP contribution in [0.2, 0.25) is 0 Å². The first-order valence-corrected chi connectivity index (χ1v) is 9.92. The quantitative estimate of drug-likeness (QED) is 0.772. The van der Waals surface area contributed by atoms with Gasteiger partial charge in [0, 0.05) is 19.3 Å². The van der Waals surface area contributed by atoms with E-state index in [1.165, 1.54) is 17.9 Å². The van der Waals surface area contributed by atoms with E-state index < -0.39 is 24.2 Å². The predicted octanol–water partition coefficient (Wildman–Crippen LogP) is 3.18. The Morgan fingerprint density at radius 3 is 2.74 bits per heavy atom. The first-order valence-electron chi connectivity index (χ1n) is 9.92. The third-order valence-electron chi connectivity index (χ3n) is 5.41. The molecule has 2 aliphatic heterocycles. The van der Waals surface area contributed by atoms with Crippen molar-refractivity contribution >= 4 is 29.3 Å². The fourth-order valence-electron chi connectivity index (χ4n) is 3.85. The van der Waals surface area contributed by atoms with Crippen molar-refractivity contribution < 1.29 is 22.8 Å². The summed E-state index contributed by atoms with van der Waals surface area (Å²) in [6, 6.07) is 5.50. The van der Waals surface area contributed by atoms with E-state index in [0.717, 1.165) is 0 Å². The number of hydrogen-bond donors (Lipinski definition) is 2. The molecule has 1 saturated heterocycles. The molecule has 0 saturated carbocycles. The molecule has 0 spiro atoms. The molecule has 0 aromatic carbocycles. The summed E-state index contributed by atoms with van der Waals surface area (Å²) in [5.74, 6) is -0.334. The van der Waals surface area contributed by atoms with Crippen molar-refractivity contribution in [2.24, 2.45) is 0 Å². The van der Waals surface area contributed by atoms with Crippen LogP contribution in [0.3, 0.4) is 0 Å². The monoisotopic (exact) mass is 434 g/mol. The van der Waals surface area contributed by atoms with Gasteiger partial charge in [-0.15, -0.1) is 0 Å². The Morgan fingerprint density at radius 1 is 1.26 bits per heavy atom. The summed E-state index contributed by atoms with van der Waals surface area (Å²) in [7, 11) is 0. The fraction of sp³-hybridized carbons (Fsp3) is 0.400. The van der Waals surface area contributed by atoms with Crippen LogP contribution in [0.1, 0.15) is 30.3 Å². The number of hydrogen-bond acceptors (Lipinski definition) is 5.